The van der Waals surface area contributed by atoms with Crippen LogP contribution in [0, 0.1) is 5.92 Å². The van der Waals surface area contributed by atoms with Gasteiger partial charge in [-0.1, -0.05) is 19.1 Å². The molecule has 1 saturated heterocycles. The summed E-state index contributed by atoms with van der Waals surface area (Å²) in [6.07, 6.45) is 2.19. The summed E-state index contributed by atoms with van der Waals surface area (Å²) < 4.78 is 0. The highest BCUT2D eigenvalue weighted by atomic mass is 16.2. The molecule has 2 amide bonds. The van der Waals surface area contributed by atoms with E-state index in [0.29, 0.717) is 23.6 Å². The Morgan fingerprint density at radius 1 is 1.21 bits per heavy atom. The van der Waals surface area contributed by atoms with Gasteiger partial charge in [0.15, 0.2) is 0 Å². The SMILES string of the molecule is CC1CCNC(CN2C(=O)c3ccccc3C2=O)C1. The van der Waals surface area contributed by atoms with E-state index >= 15 is 0 Å². The second-order valence-electron chi connectivity index (χ2n) is 5.55. The second-order valence-corrected chi connectivity index (χ2v) is 5.55. The number of hydrogen-bond donors (Lipinski definition) is 1. The Labute approximate surface area is 112 Å². The van der Waals surface area contributed by atoms with E-state index in [-0.39, 0.29) is 17.9 Å². The van der Waals surface area contributed by atoms with Gasteiger partial charge in [0, 0.05) is 12.6 Å². The molecule has 3 rings (SSSR count). The molecule has 2 aliphatic heterocycles. The summed E-state index contributed by atoms with van der Waals surface area (Å²) in [5.74, 6) is 0.350. The maximum Gasteiger partial charge on any atom is 0.261 e. The zero-order chi connectivity index (χ0) is 13.4. The number of hydrogen-bond acceptors (Lipinski definition) is 3. The normalized spacial score (nSPS) is 26.7. The summed E-state index contributed by atoms with van der Waals surface area (Å²) in [6.45, 7) is 3.67. The summed E-state index contributed by atoms with van der Waals surface area (Å²) >= 11 is 0. The first kappa shape index (κ1) is 12.4. The van der Waals surface area contributed by atoms with Crippen molar-refractivity contribution < 1.29 is 9.59 Å². The molecule has 1 fully saturated rings. The molecule has 100 valence electrons. The van der Waals surface area contributed by atoms with E-state index in [1.807, 2.05) is 0 Å². The van der Waals surface area contributed by atoms with Crippen molar-refractivity contribution in [2.24, 2.45) is 5.92 Å². The zero-order valence-electron chi connectivity index (χ0n) is 11.1. The molecule has 1 aromatic rings. The number of fused-ring (bicyclic) bond motifs is 1. The Hall–Kier alpha value is -1.68. The third kappa shape index (κ3) is 2.16. The number of imide groups is 1. The molecular formula is C15H18N2O2. The van der Waals surface area contributed by atoms with Crippen LogP contribution in [0.1, 0.15) is 40.5 Å². The second kappa shape index (κ2) is 4.78. The number of carbonyl (C=O) groups excluding carboxylic acids is 2. The molecule has 2 unspecified atom stereocenters. The molecule has 0 radical (unpaired) electrons. The van der Waals surface area contributed by atoms with Crippen molar-refractivity contribution in [2.75, 3.05) is 13.1 Å². The summed E-state index contributed by atoms with van der Waals surface area (Å²) in [7, 11) is 0. The molecule has 0 aromatic heterocycles. The molecule has 4 nitrogen and oxygen atoms in total. The fourth-order valence-electron chi connectivity index (χ4n) is 2.99. The van der Waals surface area contributed by atoms with Crippen molar-refractivity contribution in [2.45, 2.75) is 25.8 Å². The Morgan fingerprint density at radius 2 is 1.84 bits per heavy atom. The molecular weight excluding hydrogens is 240 g/mol. The minimum Gasteiger partial charge on any atom is -0.312 e. The van der Waals surface area contributed by atoms with Gasteiger partial charge in [-0.15, -0.1) is 0 Å². The van der Waals surface area contributed by atoms with Crippen LogP contribution >= 0.6 is 0 Å². The van der Waals surface area contributed by atoms with Crippen LogP contribution in [-0.4, -0.2) is 35.8 Å². The summed E-state index contributed by atoms with van der Waals surface area (Å²) in [4.78, 5) is 25.9. The van der Waals surface area contributed by atoms with Crippen molar-refractivity contribution >= 4 is 11.8 Å². The van der Waals surface area contributed by atoms with Crippen LogP contribution in [0.15, 0.2) is 24.3 Å². The highest BCUT2D eigenvalue weighted by molar-refractivity contribution is 6.21. The lowest BCUT2D eigenvalue weighted by molar-refractivity contribution is 0.0627. The predicted molar refractivity (Wildman–Crippen MR) is 72.0 cm³/mol. The van der Waals surface area contributed by atoms with Crippen LogP contribution in [0.25, 0.3) is 0 Å². The molecule has 0 bridgehead atoms. The van der Waals surface area contributed by atoms with E-state index in [9.17, 15) is 9.59 Å². The van der Waals surface area contributed by atoms with Crippen LogP contribution in [0.3, 0.4) is 0 Å². The van der Waals surface area contributed by atoms with E-state index in [0.717, 1.165) is 13.0 Å². The van der Waals surface area contributed by atoms with Gasteiger partial charge >= 0.3 is 0 Å². The van der Waals surface area contributed by atoms with Crippen molar-refractivity contribution in [1.29, 1.82) is 0 Å². The van der Waals surface area contributed by atoms with E-state index in [4.69, 9.17) is 0 Å². The highest BCUT2D eigenvalue weighted by Crippen LogP contribution is 2.24. The topological polar surface area (TPSA) is 49.4 Å². The summed E-state index contributed by atoms with van der Waals surface area (Å²) in [5.41, 5.74) is 1.08. The van der Waals surface area contributed by atoms with Gasteiger partial charge in [-0.05, 0) is 37.4 Å². The van der Waals surface area contributed by atoms with Gasteiger partial charge in [0.2, 0.25) is 0 Å². The fraction of sp³-hybridized carbons (Fsp3) is 0.467. The lowest BCUT2D eigenvalue weighted by Gasteiger charge is -2.30. The Bertz CT molecular complexity index is 492. The number of carbonyl (C=O) groups is 2. The third-order valence-corrected chi connectivity index (χ3v) is 4.04. The largest absolute Gasteiger partial charge is 0.312 e. The van der Waals surface area contributed by atoms with Crippen LogP contribution in [0.4, 0.5) is 0 Å². The van der Waals surface area contributed by atoms with Crippen molar-refractivity contribution in [3.05, 3.63) is 35.4 Å². The number of benzene rings is 1. The number of piperidine rings is 1. The minimum absolute atomic E-state index is 0.152. The predicted octanol–water partition coefficient (Wildman–Crippen LogP) is 1.67. The standard InChI is InChI=1S/C15H18N2O2/c1-10-6-7-16-11(8-10)9-17-14(18)12-4-2-3-5-13(12)15(17)19/h2-5,10-11,16H,6-9H2,1H3. The Morgan fingerprint density at radius 3 is 2.42 bits per heavy atom. The number of nitrogens with zero attached hydrogens (tertiary/aromatic N) is 1. The average molecular weight is 258 g/mol. The number of nitrogens with one attached hydrogen (secondary N) is 1. The monoisotopic (exact) mass is 258 g/mol. The number of amides is 2. The first-order valence-corrected chi connectivity index (χ1v) is 6.85. The molecule has 19 heavy (non-hydrogen) atoms. The molecule has 0 saturated carbocycles. The number of rotatable bonds is 2. The molecule has 1 aromatic carbocycles. The Kier molecular flexibility index (Phi) is 3.11. The van der Waals surface area contributed by atoms with Gasteiger partial charge in [0.05, 0.1) is 11.1 Å². The van der Waals surface area contributed by atoms with Gasteiger partial charge < -0.3 is 5.32 Å². The zero-order valence-corrected chi connectivity index (χ0v) is 11.1. The first-order chi connectivity index (χ1) is 9.16. The molecule has 0 aliphatic carbocycles. The van der Waals surface area contributed by atoms with Crippen molar-refractivity contribution in [3.63, 3.8) is 0 Å². The van der Waals surface area contributed by atoms with E-state index < -0.39 is 0 Å². The van der Waals surface area contributed by atoms with Crippen LogP contribution < -0.4 is 5.32 Å². The minimum atomic E-state index is -0.152. The summed E-state index contributed by atoms with van der Waals surface area (Å²) in [5, 5.41) is 3.40. The third-order valence-electron chi connectivity index (χ3n) is 4.04. The quantitative estimate of drug-likeness (QED) is 0.821. The maximum absolute atomic E-state index is 12.2. The van der Waals surface area contributed by atoms with E-state index in [1.165, 1.54) is 11.3 Å². The van der Waals surface area contributed by atoms with Crippen LogP contribution in [0.5, 0.6) is 0 Å². The van der Waals surface area contributed by atoms with Gasteiger partial charge in [-0.2, -0.15) is 0 Å². The van der Waals surface area contributed by atoms with Gasteiger partial charge in [0.25, 0.3) is 11.8 Å². The summed E-state index contributed by atoms with van der Waals surface area (Å²) in [6, 6.07) is 7.29. The van der Waals surface area contributed by atoms with Gasteiger partial charge in [-0.3, -0.25) is 14.5 Å². The van der Waals surface area contributed by atoms with Gasteiger partial charge in [-0.25, -0.2) is 0 Å². The van der Waals surface area contributed by atoms with Crippen molar-refractivity contribution in [1.82, 2.24) is 10.2 Å². The average Bonchev–Trinajstić information content (AvgIpc) is 2.65. The molecule has 2 aliphatic rings. The lowest BCUT2D eigenvalue weighted by Crippen LogP contribution is -2.47. The molecule has 4 heteroatoms. The Balaban J connectivity index is 1.77. The van der Waals surface area contributed by atoms with Crippen LogP contribution in [-0.2, 0) is 0 Å². The molecule has 2 atom stereocenters. The molecule has 1 N–H and O–H groups in total. The first-order valence-electron chi connectivity index (χ1n) is 6.85. The van der Waals surface area contributed by atoms with E-state index in [2.05, 4.69) is 12.2 Å². The molecule has 2 heterocycles. The van der Waals surface area contributed by atoms with Gasteiger partial charge in [0.1, 0.15) is 0 Å². The highest BCUT2D eigenvalue weighted by Gasteiger charge is 2.36. The molecule has 0 spiro atoms. The van der Waals surface area contributed by atoms with Crippen LogP contribution in [0.2, 0.25) is 0 Å². The van der Waals surface area contributed by atoms with E-state index in [1.54, 1.807) is 24.3 Å². The van der Waals surface area contributed by atoms with Crippen molar-refractivity contribution in [3.8, 4) is 0 Å². The fourth-order valence-corrected chi connectivity index (χ4v) is 2.99. The smallest absolute Gasteiger partial charge is 0.261 e. The lowest BCUT2D eigenvalue weighted by atomic mass is 9.94. The maximum atomic E-state index is 12.2.